The molecular weight excluding hydrogens is 452 g/mol. The SMILES string of the molecule is Cc1cc(C(=O)Nc2nnc(-c3ccsc3)s2)cc(S(=O)(=O)N2CCC(C)CC2)c1C. The van der Waals surface area contributed by atoms with E-state index < -0.39 is 15.9 Å². The number of benzene rings is 1. The Bertz CT molecular complexity index is 1190. The molecule has 2 aromatic heterocycles. The van der Waals surface area contributed by atoms with Gasteiger partial charge in [-0.3, -0.25) is 10.1 Å². The van der Waals surface area contributed by atoms with E-state index in [9.17, 15) is 13.2 Å². The zero-order valence-electron chi connectivity index (χ0n) is 17.6. The van der Waals surface area contributed by atoms with Crippen LogP contribution in [0.25, 0.3) is 10.6 Å². The number of rotatable bonds is 5. The molecule has 1 fully saturated rings. The lowest BCUT2D eigenvalue weighted by Crippen LogP contribution is -2.38. The van der Waals surface area contributed by atoms with E-state index in [0.29, 0.717) is 35.3 Å². The third kappa shape index (κ3) is 4.57. The average Bonchev–Trinajstić information content (AvgIpc) is 3.42. The lowest BCUT2D eigenvalue weighted by molar-refractivity contribution is 0.102. The number of hydrogen-bond donors (Lipinski definition) is 1. The summed E-state index contributed by atoms with van der Waals surface area (Å²) < 4.78 is 28.2. The first-order valence-corrected chi connectivity index (χ1v) is 13.2. The van der Waals surface area contributed by atoms with E-state index in [2.05, 4.69) is 22.4 Å². The number of amides is 1. The first kappa shape index (κ1) is 22.1. The van der Waals surface area contributed by atoms with E-state index in [4.69, 9.17) is 0 Å². The van der Waals surface area contributed by atoms with Gasteiger partial charge in [0.05, 0.1) is 4.90 Å². The summed E-state index contributed by atoms with van der Waals surface area (Å²) in [6.07, 6.45) is 1.70. The van der Waals surface area contributed by atoms with Crippen molar-refractivity contribution in [3.05, 3.63) is 45.6 Å². The summed E-state index contributed by atoms with van der Waals surface area (Å²) in [6, 6.07) is 5.13. The number of hydrogen-bond acceptors (Lipinski definition) is 7. The number of carbonyl (C=O) groups is 1. The molecule has 0 radical (unpaired) electrons. The summed E-state index contributed by atoms with van der Waals surface area (Å²) in [5.41, 5.74) is 2.68. The fraction of sp³-hybridized carbons (Fsp3) is 0.381. The van der Waals surface area contributed by atoms with Crippen LogP contribution in [0.15, 0.2) is 33.9 Å². The Morgan fingerprint density at radius 1 is 1.19 bits per heavy atom. The highest BCUT2D eigenvalue weighted by atomic mass is 32.2. The van der Waals surface area contributed by atoms with Gasteiger partial charge in [0, 0.05) is 29.6 Å². The summed E-state index contributed by atoms with van der Waals surface area (Å²) in [6.45, 7) is 6.77. The van der Waals surface area contributed by atoms with Crippen molar-refractivity contribution in [2.75, 3.05) is 18.4 Å². The number of carbonyl (C=O) groups excluding carboxylic acids is 1. The summed E-state index contributed by atoms with van der Waals surface area (Å²) in [7, 11) is -3.66. The van der Waals surface area contributed by atoms with Gasteiger partial charge in [0.15, 0.2) is 0 Å². The smallest absolute Gasteiger partial charge is 0.257 e. The van der Waals surface area contributed by atoms with E-state index >= 15 is 0 Å². The molecular formula is C21H24N4O3S3. The van der Waals surface area contributed by atoms with Crippen LogP contribution < -0.4 is 5.32 Å². The first-order chi connectivity index (χ1) is 14.8. The Hall–Kier alpha value is -2.14. The molecule has 4 rings (SSSR count). The Labute approximate surface area is 190 Å². The number of anilines is 1. The highest BCUT2D eigenvalue weighted by molar-refractivity contribution is 7.89. The number of sulfonamides is 1. The van der Waals surface area contributed by atoms with Crippen LogP contribution in [0, 0.1) is 19.8 Å². The minimum absolute atomic E-state index is 0.198. The number of piperidine rings is 1. The van der Waals surface area contributed by atoms with Gasteiger partial charge < -0.3 is 0 Å². The van der Waals surface area contributed by atoms with Crippen molar-refractivity contribution in [1.29, 1.82) is 0 Å². The molecule has 3 heterocycles. The summed E-state index contributed by atoms with van der Waals surface area (Å²) in [5, 5.41) is 15.9. The minimum Gasteiger partial charge on any atom is -0.296 e. The number of thiophene rings is 1. The largest absolute Gasteiger partial charge is 0.296 e. The van der Waals surface area contributed by atoms with Crippen LogP contribution in [-0.2, 0) is 10.0 Å². The number of nitrogens with zero attached hydrogens (tertiary/aromatic N) is 3. The molecule has 0 spiro atoms. The van der Waals surface area contributed by atoms with Gasteiger partial charge in [-0.2, -0.15) is 15.6 Å². The van der Waals surface area contributed by atoms with Crippen LogP contribution in [0.3, 0.4) is 0 Å². The maximum atomic E-state index is 13.3. The van der Waals surface area contributed by atoms with Crippen molar-refractivity contribution in [3.8, 4) is 10.6 Å². The third-order valence-corrected chi connectivity index (χ3v) is 9.25. The van der Waals surface area contributed by atoms with E-state index in [1.807, 2.05) is 23.8 Å². The lowest BCUT2D eigenvalue weighted by atomic mass is 10.0. The molecule has 0 unspecified atom stereocenters. The highest BCUT2D eigenvalue weighted by Crippen LogP contribution is 2.30. The highest BCUT2D eigenvalue weighted by Gasteiger charge is 2.30. The quantitative estimate of drug-likeness (QED) is 0.583. The van der Waals surface area contributed by atoms with E-state index in [1.54, 1.807) is 24.3 Å². The van der Waals surface area contributed by atoms with Gasteiger partial charge in [0.2, 0.25) is 15.2 Å². The zero-order chi connectivity index (χ0) is 22.2. The monoisotopic (exact) mass is 476 g/mol. The molecule has 0 bridgehead atoms. The molecule has 164 valence electrons. The lowest BCUT2D eigenvalue weighted by Gasteiger charge is -2.30. The van der Waals surface area contributed by atoms with Gasteiger partial charge in [0.1, 0.15) is 5.01 Å². The third-order valence-electron chi connectivity index (χ3n) is 5.66. The van der Waals surface area contributed by atoms with Gasteiger partial charge in [-0.25, -0.2) is 8.42 Å². The summed E-state index contributed by atoms with van der Waals surface area (Å²) in [5.74, 6) is 0.122. The van der Waals surface area contributed by atoms with Crippen LogP contribution in [0.2, 0.25) is 0 Å². The fourth-order valence-electron chi connectivity index (χ4n) is 3.54. The molecule has 1 N–H and O–H groups in total. The molecule has 0 saturated carbocycles. The van der Waals surface area contributed by atoms with Gasteiger partial charge in [-0.15, -0.1) is 10.2 Å². The van der Waals surface area contributed by atoms with Gasteiger partial charge in [-0.1, -0.05) is 18.3 Å². The van der Waals surface area contributed by atoms with E-state index in [0.717, 1.165) is 29.0 Å². The van der Waals surface area contributed by atoms with Crippen molar-refractivity contribution in [3.63, 3.8) is 0 Å². The average molecular weight is 477 g/mol. The summed E-state index contributed by atoms with van der Waals surface area (Å²) in [4.78, 5) is 13.1. The van der Waals surface area contributed by atoms with Crippen LogP contribution in [0.5, 0.6) is 0 Å². The van der Waals surface area contributed by atoms with E-state index in [1.165, 1.54) is 21.7 Å². The van der Waals surface area contributed by atoms with Crippen molar-refractivity contribution in [2.24, 2.45) is 5.92 Å². The van der Waals surface area contributed by atoms with Gasteiger partial charge >= 0.3 is 0 Å². The molecule has 10 heteroatoms. The Kier molecular flexibility index (Phi) is 6.25. The molecule has 31 heavy (non-hydrogen) atoms. The standard InChI is InChI=1S/C21H24N4O3S3/c1-13-4-7-25(8-5-13)31(27,28)18-11-17(10-14(2)15(18)3)19(26)22-21-24-23-20(30-21)16-6-9-29-12-16/h6,9-13H,4-5,7-8H2,1-3H3,(H,22,24,26). The van der Waals surface area contributed by atoms with Crippen LogP contribution >= 0.6 is 22.7 Å². The van der Waals surface area contributed by atoms with E-state index in [-0.39, 0.29) is 4.90 Å². The second-order valence-electron chi connectivity index (χ2n) is 7.88. The summed E-state index contributed by atoms with van der Waals surface area (Å²) >= 11 is 2.84. The molecule has 1 aliphatic heterocycles. The number of aromatic nitrogens is 2. The van der Waals surface area contributed by atoms with Gasteiger partial charge in [0.25, 0.3) is 5.91 Å². The molecule has 7 nitrogen and oxygen atoms in total. The molecule has 1 saturated heterocycles. The van der Waals surface area contributed by atoms with Crippen LogP contribution in [0.4, 0.5) is 5.13 Å². The molecule has 1 aromatic carbocycles. The van der Waals surface area contributed by atoms with Crippen molar-refractivity contribution in [1.82, 2.24) is 14.5 Å². The zero-order valence-corrected chi connectivity index (χ0v) is 20.0. The molecule has 1 aliphatic rings. The predicted octanol–water partition coefficient (Wildman–Crippen LogP) is 4.56. The maximum absolute atomic E-state index is 13.3. The number of aryl methyl sites for hydroxylation is 1. The molecule has 3 aromatic rings. The predicted molar refractivity (Wildman–Crippen MR) is 124 cm³/mol. The number of nitrogens with one attached hydrogen (secondary N) is 1. The topological polar surface area (TPSA) is 92.3 Å². The molecule has 0 atom stereocenters. The Morgan fingerprint density at radius 2 is 1.94 bits per heavy atom. The first-order valence-electron chi connectivity index (χ1n) is 10.0. The van der Waals surface area contributed by atoms with Crippen molar-refractivity contribution < 1.29 is 13.2 Å². The van der Waals surface area contributed by atoms with Crippen molar-refractivity contribution >= 4 is 43.7 Å². The van der Waals surface area contributed by atoms with Crippen LogP contribution in [0.1, 0.15) is 41.3 Å². The second-order valence-corrected chi connectivity index (χ2v) is 11.5. The van der Waals surface area contributed by atoms with Crippen molar-refractivity contribution in [2.45, 2.75) is 38.5 Å². The fourth-order valence-corrected chi connectivity index (χ4v) is 6.78. The maximum Gasteiger partial charge on any atom is 0.257 e. The minimum atomic E-state index is -3.66. The Balaban J connectivity index is 1.59. The van der Waals surface area contributed by atoms with Crippen LogP contribution in [-0.4, -0.2) is 41.9 Å². The molecule has 0 aliphatic carbocycles. The normalized spacial score (nSPS) is 15.8. The second kappa shape index (κ2) is 8.78. The van der Waals surface area contributed by atoms with Gasteiger partial charge in [-0.05, 0) is 67.3 Å². The Morgan fingerprint density at radius 3 is 2.61 bits per heavy atom. The molecule has 1 amide bonds.